The molecule has 1 amide bonds. The van der Waals surface area contributed by atoms with Gasteiger partial charge in [0.15, 0.2) is 11.7 Å². The number of rotatable bonds is 6. The number of ether oxygens (including phenoxy) is 1. The van der Waals surface area contributed by atoms with Crippen molar-refractivity contribution < 1.29 is 13.9 Å². The number of aromatic nitrogens is 2. The average Bonchev–Trinajstić information content (AvgIpc) is 3.14. The Balaban J connectivity index is 1.61. The zero-order valence-corrected chi connectivity index (χ0v) is 17.7. The molecule has 0 spiro atoms. The fourth-order valence-electron chi connectivity index (χ4n) is 2.73. The molecule has 0 atom stereocenters. The number of thiazole rings is 1. The number of carbonyl (C=O) groups excluding carboxylic acids is 1. The molecular weight excluding hydrogens is 448 g/mol. The SMILES string of the molecule is O=C(COc1ccc(Cl)cc1Cl)N(Cc1ccccn1)c1nc2ccc(F)cc2s1. The van der Waals surface area contributed by atoms with E-state index < -0.39 is 0 Å². The molecule has 0 aliphatic heterocycles. The minimum atomic E-state index is -0.360. The van der Waals surface area contributed by atoms with Gasteiger partial charge in [-0.2, -0.15) is 0 Å². The largest absolute Gasteiger partial charge is 0.482 e. The van der Waals surface area contributed by atoms with Crippen LogP contribution in [0.3, 0.4) is 0 Å². The van der Waals surface area contributed by atoms with E-state index in [4.69, 9.17) is 27.9 Å². The molecule has 0 aliphatic rings. The number of hydrogen-bond donors (Lipinski definition) is 0. The quantitative estimate of drug-likeness (QED) is 0.366. The summed E-state index contributed by atoms with van der Waals surface area (Å²) in [4.78, 5) is 23.3. The van der Waals surface area contributed by atoms with Crippen molar-refractivity contribution in [2.24, 2.45) is 0 Å². The molecular formula is C21H14Cl2FN3O2S. The lowest BCUT2D eigenvalue weighted by molar-refractivity contribution is -0.120. The predicted octanol–water partition coefficient (Wildman–Crippen LogP) is 5.75. The Hall–Kier alpha value is -2.74. The maximum absolute atomic E-state index is 13.6. The van der Waals surface area contributed by atoms with E-state index in [1.165, 1.54) is 34.4 Å². The van der Waals surface area contributed by atoms with Crippen LogP contribution < -0.4 is 9.64 Å². The Kier molecular flexibility index (Phi) is 6.13. The van der Waals surface area contributed by atoms with Crippen LogP contribution in [0.2, 0.25) is 10.0 Å². The number of nitrogens with zero attached hydrogens (tertiary/aromatic N) is 3. The molecule has 0 N–H and O–H groups in total. The highest BCUT2D eigenvalue weighted by Crippen LogP contribution is 2.31. The van der Waals surface area contributed by atoms with E-state index in [0.717, 1.165) is 0 Å². The third kappa shape index (κ3) is 4.70. The maximum atomic E-state index is 13.6. The van der Waals surface area contributed by atoms with E-state index >= 15 is 0 Å². The highest BCUT2D eigenvalue weighted by atomic mass is 35.5. The zero-order valence-electron chi connectivity index (χ0n) is 15.4. The minimum Gasteiger partial charge on any atom is -0.482 e. The number of fused-ring (bicyclic) bond motifs is 1. The number of anilines is 1. The molecule has 2 aromatic heterocycles. The molecule has 9 heteroatoms. The van der Waals surface area contributed by atoms with E-state index in [9.17, 15) is 9.18 Å². The molecule has 0 unspecified atom stereocenters. The third-order valence-corrected chi connectivity index (χ3v) is 5.73. The number of halogens is 3. The Bertz CT molecular complexity index is 1200. The van der Waals surface area contributed by atoms with E-state index in [2.05, 4.69) is 9.97 Å². The summed E-state index contributed by atoms with van der Waals surface area (Å²) in [7, 11) is 0. The molecule has 5 nitrogen and oxygen atoms in total. The maximum Gasteiger partial charge on any atom is 0.267 e. The van der Waals surface area contributed by atoms with E-state index in [1.54, 1.807) is 30.5 Å². The average molecular weight is 462 g/mol. The number of amides is 1. The predicted molar refractivity (Wildman–Crippen MR) is 117 cm³/mol. The van der Waals surface area contributed by atoms with Crippen LogP contribution in [0.1, 0.15) is 5.69 Å². The van der Waals surface area contributed by atoms with E-state index in [1.807, 2.05) is 12.1 Å². The van der Waals surface area contributed by atoms with Crippen LogP contribution in [0.25, 0.3) is 10.2 Å². The van der Waals surface area contributed by atoms with Gasteiger partial charge in [-0.1, -0.05) is 40.6 Å². The van der Waals surface area contributed by atoms with Crippen molar-refractivity contribution in [3.63, 3.8) is 0 Å². The first-order chi connectivity index (χ1) is 14.5. The molecule has 2 aromatic carbocycles. The van der Waals surface area contributed by atoms with Crippen molar-refractivity contribution in [2.45, 2.75) is 6.54 Å². The molecule has 0 saturated carbocycles. The molecule has 0 saturated heterocycles. The standard InChI is InChI=1S/C21H14Cl2FN3O2S/c22-13-4-7-18(16(23)9-13)29-12-20(28)27(11-15-3-1-2-8-25-15)21-26-17-6-5-14(24)10-19(17)30-21/h1-10H,11-12H2. The van der Waals surface area contributed by atoms with Crippen molar-refractivity contribution >= 4 is 55.8 Å². The molecule has 30 heavy (non-hydrogen) atoms. The van der Waals surface area contributed by atoms with Gasteiger partial charge in [0.05, 0.1) is 27.5 Å². The van der Waals surface area contributed by atoms with Crippen molar-refractivity contribution in [3.05, 3.63) is 82.4 Å². The fourth-order valence-corrected chi connectivity index (χ4v) is 4.20. The number of pyridine rings is 1. The first-order valence-corrected chi connectivity index (χ1v) is 10.4. The summed E-state index contributed by atoms with van der Waals surface area (Å²) in [5.41, 5.74) is 1.29. The van der Waals surface area contributed by atoms with Gasteiger partial charge < -0.3 is 4.74 Å². The number of benzene rings is 2. The summed E-state index contributed by atoms with van der Waals surface area (Å²) in [6, 6.07) is 14.5. The normalized spacial score (nSPS) is 10.9. The highest BCUT2D eigenvalue weighted by molar-refractivity contribution is 7.22. The molecule has 4 aromatic rings. The monoisotopic (exact) mass is 461 g/mol. The van der Waals surface area contributed by atoms with Gasteiger partial charge in [-0.15, -0.1) is 0 Å². The van der Waals surface area contributed by atoms with Crippen LogP contribution in [0.5, 0.6) is 5.75 Å². The van der Waals surface area contributed by atoms with Gasteiger partial charge in [-0.3, -0.25) is 14.7 Å². The van der Waals surface area contributed by atoms with Gasteiger partial charge in [-0.05, 0) is 48.5 Å². The van der Waals surface area contributed by atoms with E-state index in [-0.39, 0.29) is 24.9 Å². The summed E-state index contributed by atoms with van der Waals surface area (Å²) in [6.07, 6.45) is 1.65. The number of carbonyl (C=O) groups is 1. The Labute approximate surface area is 185 Å². The van der Waals surface area contributed by atoms with Gasteiger partial charge >= 0.3 is 0 Å². The lowest BCUT2D eigenvalue weighted by Crippen LogP contribution is -2.34. The third-order valence-electron chi connectivity index (χ3n) is 4.16. The molecule has 0 fully saturated rings. The molecule has 0 radical (unpaired) electrons. The second-order valence-electron chi connectivity index (χ2n) is 6.27. The van der Waals surface area contributed by atoms with Crippen LogP contribution in [0.4, 0.5) is 9.52 Å². The zero-order chi connectivity index (χ0) is 21.1. The number of hydrogen-bond acceptors (Lipinski definition) is 5. The van der Waals surface area contributed by atoms with Gasteiger partial charge in [0, 0.05) is 11.2 Å². The first kappa shape index (κ1) is 20.5. The summed E-state index contributed by atoms with van der Waals surface area (Å²) in [6.45, 7) is -0.0713. The molecule has 4 rings (SSSR count). The van der Waals surface area contributed by atoms with Gasteiger partial charge in [0.25, 0.3) is 5.91 Å². The van der Waals surface area contributed by atoms with Crippen LogP contribution in [0.15, 0.2) is 60.8 Å². The van der Waals surface area contributed by atoms with Gasteiger partial charge in [-0.25, -0.2) is 9.37 Å². The van der Waals surface area contributed by atoms with Crippen molar-refractivity contribution in [1.29, 1.82) is 0 Å². The van der Waals surface area contributed by atoms with Crippen molar-refractivity contribution in [1.82, 2.24) is 9.97 Å². The van der Waals surface area contributed by atoms with Crippen LogP contribution in [-0.2, 0) is 11.3 Å². The van der Waals surface area contributed by atoms with Gasteiger partial charge in [0.1, 0.15) is 11.6 Å². The Morgan fingerprint density at radius 3 is 2.77 bits per heavy atom. The van der Waals surface area contributed by atoms with Crippen LogP contribution in [-0.4, -0.2) is 22.5 Å². The second-order valence-corrected chi connectivity index (χ2v) is 8.13. The van der Waals surface area contributed by atoms with E-state index in [0.29, 0.717) is 36.8 Å². The summed E-state index contributed by atoms with van der Waals surface area (Å²) in [5, 5.41) is 1.20. The lowest BCUT2D eigenvalue weighted by atomic mass is 10.3. The molecule has 2 heterocycles. The minimum absolute atomic E-state index is 0.194. The molecule has 0 bridgehead atoms. The second kappa shape index (κ2) is 8.95. The molecule has 152 valence electrons. The van der Waals surface area contributed by atoms with Gasteiger partial charge in [0.2, 0.25) is 0 Å². The Morgan fingerprint density at radius 2 is 2.00 bits per heavy atom. The summed E-state index contributed by atoms with van der Waals surface area (Å²) < 4.78 is 19.8. The summed E-state index contributed by atoms with van der Waals surface area (Å²) in [5.74, 6) is -0.356. The molecule has 0 aliphatic carbocycles. The topological polar surface area (TPSA) is 55.3 Å². The highest BCUT2D eigenvalue weighted by Gasteiger charge is 2.22. The first-order valence-electron chi connectivity index (χ1n) is 8.84. The smallest absolute Gasteiger partial charge is 0.267 e. The fraction of sp³-hybridized carbons (Fsp3) is 0.0952. The van der Waals surface area contributed by atoms with Crippen LogP contribution >= 0.6 is 34.5 Å². The van der Waals surface area contributed by atoms with Crippen LogP contribution in [0, 0.1) is 5.82 Å². The summed E-state index contributed by atoms with van der Waals surface area (Å²) >= 11 is 13.2. The van der Waals surface area contributed by atoms with Crippen molar-refractivity contribution in [3.8, 4) is 5.75 Å². The van der Waals surface area contributed by atoms with Crippen molar-refractivity contribution in [2.75, 3.05) is 11.5 Å². The lowest BCUT2D eigenvalue weighted by Gasteiger charge is -2.20. The Morgan fingerprint density at radius 1 is 1.13 bits per heavy atom.